The van der Waals surface area contributed by atoms with E-state index in [1.54, 1.807) is 24.8 Å². The highest BCUT2D eigenvalue weighted by Crippen LogP contribution is 2.32. The van der Waals surface area contributed by atoms with E-state index >= 15 is 0 Å². The van der Waals surface area contributed by atoms with Crippen molar-refractivity contribution in [3.63, 3.8) is 0 Å². The maximum Gasteiger partial charge on any atom is 0.133 e. The van der Waals surface area contributed by atoms with Crippen molar-refractivity contribution >= 4 is 49.7 Å². The van der Waals surface area contributed by atoms with Crippen LogP contribution in [-0.2, 0) is 0 Å². The van der Waals surface area contributed by atoms with Gasteiger partial charge in [0.1, 0.15) is 11.9 Å². The molecule has 1 aromatic carbocycles. The molecule has 0 aliphatic heterocycles. The maximum absolute atomic E-state index is 9.58. The summed E-state index contributed by atoms with van der Waals surface area (Å²) in [6.45, 7) is 0. The van der Waals surface area contributed by atoms with Crippen LogP contribution in [0.25, 0.3) is 10.9 Å². The molecule has 0 unspecified atom stereocenters. The van der Waals surface area contributed by atoms with Gasteiger partial charge >= 0.3 is 0 Å². The van der Waals surface area contributed by atoms with Crippen molar-refractivity contribution in [2.75, 3.05) is 17.3 Å². The van der Waals surface area contributed by atoms with Crippen molar-refractivity contribution in [1.29, 1.82) is 5.26 Å². The molecule has 0 spiro atoms. The van der Waals surface area contributed by atoms with Gasteiger partial charge in [-0.15, -0.1) is 0 Å². The fourth-order valence-electron chi connectivity index (χ4n) is 2.85. The first-order valence-electron chi connectivity index (χ1n) is 8.51. The molecule has 0 aliphatic rings. The molecular weight excluding hydrogens is 416 g/mol. The van der Waals surface area contributed by atoms with E-state index in [1.165, 1.54) is 0 Å². The van der Waals surface area contributed by atoms with Crippen LogP contribution in [0.1, 0.15) is 5.56 Å². The van der Waals surface area contributed by atoms with Crippen LogP contribution in [-0.4, -0.2) is 22.0 Å². The Bertz CT molecular complexity index is 1170. The van der Waals surface area contributed by atoms with Gasteiger partial charge < -0.3 is 10.2 Å². The van der Waals surface area contributed by atoms with E-state index in [-0.39, 0.29) is 0 Å². The predicted molar refractivity (Wildman–Crippen MR) is 114 cm³/mol. The number of pyridine rings is 3. The fraction of sp³-hybridized carbons (Fsp3) is 0.0476. The Morgan fingerprint density at radius 1 is 1.07 bits per heavy atom. The number of anilines is 4. The second-order valence-electron chi connectivity index (χ2n) is 6.12. The Morgan fingerprint density at radius 3 is 2.61 bits per heavy atom. The highest BCUT2D eigenvalue weighted by Gasteiger charge is 2.13. The van der Waals surface area contributed by atoms with Crippen LogP contribution in [0.3, 0.4) is 0 Å². The van der Waals surface area contributed by atoms with E-state index in [0.717, 1.165) is 27.1 Å². The van der Waals surface area contributed by atoms with E-state index in [0.29, 0.717) is 16.8 Å². The number of nitrogens with one attached hydrogen (secondary N) is 1. The summed E-state index contributed by atoms with van der Waals surface area (Å²) in [7, 11) is 1.93. The number of nitrogens with zero attached hydrogens (tertiary/aromatic N) is 5. The Kier molecular flexibility index (Phi) is 4.87. The Labute approximate surface area is 170 Å². The summed E-state index contributed by atoms with van der Waals surface area (Å²) in [5.74, 6) is 0.733. The summed E-state index contributed by atoms with van der Waals surface area (Å²) in [6, 6.07) is 15.8. The van der Waals surface area contributed by atoms with Crippen molar-refractivity contribution in [1.82, 2.24) is 15.0 Å². The molecule has 0 bridgehead atoms. The average molecular weight is 431 g/mol. The molecule has 28 heavy (non-hydrogen) atoms. The van der Waals surface area contributed by atoms with Gasteiger partial charge in [-0.2, -0.15) is 5.26 Å². The van der Waals surface area contributed by atoms with E-state index in [2.05, 4.69) is 42.3 Å². The second-order valence-corrected chi connectivity index (χ2v) is 7.04. The predicted octanol–water partition coefficient (Wildman–Crippen LogP) is 5.17. The van der Waals surface area contributed by atoms with Crippen LogP contribution >= 0.6 is 15.9 Å². The summed E-state index contributed by atoms with van der Waals surface area (Å²) >= 11 is 3.44. The van der Waals surface area contributed by atoms with Crippen LogP contribution in [0.2, 0.25) is 0 Å². The number of rotatable bonds is 4. The summed E-state index contributed by atoms with van der Waals surface area (Å²) < 4.78 is 0.989. The molecule has 0 saturated carbocycles. The van der Waals surface area contributed by atoms with E-state index in [9.17, 15) is 5.26 Å². The van der Waals surface area contributed by atoms with Crippen molar-refractivity contribution in [2.45, 2.75) is 0 Å². The van der Waals surface area contributed by atoms with Gasteiger partial charge in [-0.1, -0.05) is 15.9 Å². The highest BCUT2D eigenvalue weighted by atomic mass is 79.9. The summed E-state index contributed by atoms with van der Waals surface area (Å²) in [4.78, 5) is 15.0. The van der Waals surface area contributed by atoms with Gasteiger partial charge in [0.2, 0.25) is 0 Å². The molecule has 0 amide bonds. The zero-order valence-corrected chi connectivity index (χ0v) is 16.6. The van der Waals surface area contributed by atoms with Crippen LogP contribution in [0, 0.1) is 11.3 Å². The second kappa shape index (κ2) is 7.62. The van der Waals surface area contributed by atoms with Gasteiger partial charge in [-0.25, -0.2) is 4.98 Å². The van der Waals surface area contributed by atoms with Gasteiger partial charge in [-0.3, -0.25) is 9.97 Å². The van der Waals surface area contributed by atoms with Crippen LogP contribution in [0.15, 0.2) is 71.7 Å². The van der Waals surface area contributed by atoms with Gasteiger partial charge in [0.25, 0.3) is 0 Å². The fourth-order valence-corrected chi connectivity index (χ4v) is 3.11. The molecule has 3 aromatic heterocycles. The van der Waals surface area contributed by atoms with Gasteiger partial charge in [-0.05, 0) is 42.5 Å². The van der Waals surface area contributed by atoms with E-state index < -0.39 is 0 Å². The largest absolute Gasteiger partial charge is 0.354 e. The van der Waals surface area contributed by atoms with Crippen molar-refractivity contribution in [2.24, 2.45) is 0 Å². The first kappa shape index (κ1) is 17.9. The lowest BCUT2D eigenvalue weighted by atomic mass is 10.1. The number of hydrogen-bond donors (Lipinski definition) is 1. The van der Waals surface area contributed by atoms with Crippen LogP contribution in [0.5, 0.6) is 0 Å². The van der Waals surface area contributed by atoms with Crippen molar-refractivity contribution < 1.29 is 0 Å². The van der Waals surface area contributed by atoms with Crippen LogP contribution in [0.4, 0.5) is 22.9 Å². The minimum atomic E-state index is 0.469. The zero-order chi connectivity index (χ0) is 19.5. The zero-order valence-electron chi connectivity index (χ0n) is 15.0. The SMILES string of the molecule is CN(c1cccnc1)c1cc2c(Nc3ccc(Br)cc3)c(C#N)cnc2cn1. The van der Waals surface area contributed by atoms with E-state index in [4.69, 9.17) is 0 Å². The van der Waals surface area contributed by atoms with Crippen LogP contribution < -0.4 is 10.2 Å². The Balaban J connectivity index is 1.82. The Hall–Kier alpha value is -3.50. The third kappa shape index (κ3) is 3.50. The minimum absolute atomic E-state index is 0.469. The molecule has 4 aromatic rings. The molecule has 3 heterocycles. The highest BCUT2D eigenvalue weighted by molar-refractivity contribution is 9.10. The lowest BCUT2D eigenvalue weighted by Gasteiger charge is -2.19. The molecule has 6 nitrogen and oxygen atoms in total. The number of benzene rings is 1. The third-order valence-electron chi connectivity index (χ3n) is 4.35. The van der Waals surface area contributed by atoms with E-state index in [1.807, 2.05) is 54.4 Å². The number of hydrogen-bond acceptors (Lipinski definition) is 6. The average Bonchev–Trinajstić information content (AvgIpc) is 2.75. The molecule has 0 radical (unpaired) electrons. The molecule has 1 N–H and O–H groups in total. The molecule has 4 rings (SSSR count). The standard InChI is InChI=1S/C21H15BrN6/c1-28(17-3-2-8-24-12-17)20-9-18-19(13-26-20)25-11-14(10-23)21(18)27-16-6-4-15(22)5-7-16/h2-9,11-13H,1H3,(H,25,27). The summed E-state index contributed by atoms with van der Waals surface area (Å²) in [6.07, 6.45) is 6.78. The molecule has 0 aliphatic carbocycles. The molecule has 7 heteroatoms. The molecule has 0 saturated heterocycles. The number of aromatic nitrogens is 3. The van der Waals surface area contributed by atoms with Gasteiger partial charge in [0, 0.05) is 35.0 Å². The number of nitriles is 1. The number of fused-ring (bicyclic) bond motifs is 1. The minimum Gasteiger partial charge on any atom is -0.354 e. The van der Waals surface area contributed by atoms with Crippen molar-refractivity contribution in [3.05, 3.63) is 77.3 Å². The smallest absolute Gasteiger partial charge is 0.133 e. The lowest BCUT2D eigenvalue weighted by Crippen LogP contribution is -2.11. The molecule has 0 atom stereocenters. The monoisotopic (exact) mass is 430 g/mol. The lowest BCUT2D eigenvalue weighted by molar-refractivity contribution is 1.12. The maximum atomic E-state index is 9.58. The van der Waals surface area contributed by atoms with Gasteiger partial charge in [0.05, 0.1) is 34.8 Å². The molecule has 0 fully saturated rings. The first-order chi connectivity index (χ1) is 13.7. The topological polar surface area (TPSA) is 77.7 Å². The summed E-state index contributed by atoms with van der Waals surface area (Å²) in [5.41, 5.74) is 3.68. The van der Waals surface area contributed by atoms with Gasteiger partial charge in [0.15, 0.2) is 0 Å². The first-order valence-corrected chi connectivity index (χ1v) is 9.30. The van der Waals surface area contributed by atoms with Crippen molar-refractivity contribution in [3.8, 4) is 6.07 Å². The third-order valence-corrected chi connectivity index (χ3v) is 4.88. The number of halogens is 1. The normalized spacial score (nSPS) is 10.5. The Morgan fingerprint density at radius 2 is 1.89 bits per heavy atom. The summed E-state index contributed by atoms with van der Waals surface area (Å²) in [5, 5.41) is 13.8. The molecule has 136 valence electrons. The molecular formula is C21H15BrN6. The quantitative estimate of drug-likeness (QED) is 0.480.